The summed E-state index contributed by atoms with van der Waals surface area (Å²) in [5.41, 5.74) is 4.04. The van der Waals surface area contributed by atoms with Crippen molar-refractivity contribution in [1.29, 1.82) is 0 Å². The number of rotatable bonds is 7. The van der Waals surface area contributed by atoms with Crippen molar-refractivity contribution in [3.63, 3.8) is 0 Å². The normalized spacial score (nSPS) is 13.7. The molecule has 2 N–H and O–H groups in total. The minimum absolute atomic E-state index is 0.0972. The number of imidazole rings is 1. The predicted octanol–water partition coefficient (Wildman–Crippen LogP) is 6.82. The summed E-state index contributed by atoms with van der Waals surface area (Å²) in [5, 5.41) is 24.4. The Morgan fingerprint density at radius 2 is 1.63 bits per heavy atom. The molecule has 1 aliphatic rings. The van der Waals surface area contributed by atoms with Gasteiger partial charge in [-0.05, 0) is 36.0 Å². The van der Waals surface area contributed by atoms with Crippen LogP contribution in [0.3, 0.4) is 0 Å². The minimum atomic E-state index is -0.574. The summed E-state index contributed by atoms with van der Waals surface area (Å²) in [7, 11) is 1.40. The van der Waals surface area contributed by atoms with Crippen molar-refractivity contribution in [2.75, 3.05) is 7.11 Å². The van der Waals surface area contributed by atoms with E-state index in [0.717, 1.165) is 22.9 Å². The molecule has 0 spiro atoms. The second-order valence-corrected chi connectivity index (χ2v) is 10.5. The Hall–Kier alpha value is -5.68. The van der Waals surface area contributed by atoms with Crippen molar-refractivity contribution < 1.29 is 24.4 Å². The van der Waals surface area contributed by atoms with Crippen LogP contribution in [0.15, 0.2) is 102 Å². The molecule has 0 atom stereocenters. The molecule has 0 aliphatic carbocycles. The zero-order valence-electron chi connectivity index (χ0n) is 22.6. The number of nitrogens with zero attached hydrogens (tertiary/aromatic N) is 3. The molecule has 1 fully saturated rings. The second kappa shape index (κ2) is 11.3. The molecule has 2 heterocycles. The number of nitro benzene ring substituents is 1. The number of aromatic nitrogens is 2. The maximum atomic E-state index is 12.3. The molecular weight excluding hydrogens is 568 g/mol. The zero-order chi connectivity index (χ0) is 30.1. The van der Waals surface area contributed by atoms with Gasteiger partial charge < -0.3 is 9.84 Å². The number of hydrogen-bond donors (Lipinski definition) is 2. The summed E-state index contributed by atoms with van der Waals surface area (Å²) in [5.74, 6) is -0.299. The summed E-state index contributed by atoms with van der Waals surface area (Å²) < 4.78 is 7.31. The van der Waals surface area contributed by atoms with E-state index in [-0.39, 0.29) is 27.7 Å². The van der Waals surface area contributed by atoms with Crippen LogP contribution in [-0.2, 0) is 4.79 Å². The predicted molar refractivity (Wildman–Crippen MR) is 164 cm³/mol. The summed E-state index contributed by atoms with van der Waals surface area (Å²) >= 11 is 0.723. The van der Waals surface area contributed by atoms with E-state index in [9.17, 15) is 24.8 Å². The zero-order valence-corrected chi connectivity index (χ0v) is 23.4. The molecule has 1 aliphatic heterocycles. The monoisotopic (exact) mass is 590 g/mol. The van der Waals surface area contributed by atoms with Crippen molar-refractivity contribution in [2.24, 2.45) is 0 Å². The molecule has 6 rings (SSSR count). The number of phenols is 1. The average Bonchev–Trinajstić information content (AvgIpc) is 3.58. The Morgan fingerprint density at radius 1 is 0.930 bits per heavy atom. The first kappa shape index (κ1) is 27.5. The second-order valence-electron chi connectivity index (χ2n) is 9.45. The van der Waals surface area contributed by atoms with Crippen molar-refractivity contribution in [3.8, 4) is 51.1 Å². The van der Waals surface area contributed by atoms with Gasteiger partial charge in [-0.2, -0.15) is 0 Å². The van der Waals surface area contributed by atoms with Crippen LogP contribution in [0.4, 0.5) is 10.5 Å². The van der Waals surface area contributed by atoms with Crippen molar-refractivity contribution >= 4 is 34.7 Å². The fourth-order valence-electron chi connectivity index (χ4n) is 4.86. The Morgan fingerprint density at radius 3 is 2.26 bits per heavy atom. The van der Waals surface area contributed by atoms with Crippen LogP contribution in [0.5, 0.6) is 11.5 Å². The maximum Gasteiger partial charge on any atom is 0.290 e. The number of carbonyl (C=O) groups is 2. The average molecular weight is 591 g/mol. The lowest BCUT2D eigenvalue weighted by atomic mass is 10.0. The van der Waals surface area contributed by atoms with E-state index in [1.807, 2.05) is 65.2 Å². The number of methoxy groups -OCH3 is 1. The van der Waals surface area contributed by atoms with E-state index in [0.29, 0.717) is 28.5 Å². The van der Waals surface area contributed by atoms with E-state index >= 15 is 0 Å². The van der Waals surface area contributed by atoms with E-state index in [2.05, 4.69) is 5.32 Å². The fourth-order valence-corrected chi connectivity index (χ4v) is 5.53. The van der Waals surface area contributed by atoms with Gasteiger partial charge in [0.1, 0.15) is 5.82 Å². The number of thioether (sulfide) groups is 1. The fraction of sp³-hybridized carbons (Fsp3) is 0.0312. The molecular formula is C32H22N4O6S. The maximum absolute atomic E-state index is 12.3. The first-order valence-corrected chi connectivity index (χ1v) is 13.8. The number of carbonyl (C=O) groups excluding carboxylic acids is 2. The van der Waals surface area contributed by atoms with Crippen molar-refractivity contribution in [2.45, 2.75) is 0 Å². The third-order valence-corrected chi connectivity index (χ3v) is 7.59. The van der Waals surface area contributed by atoms with Crippen LogP contribution >= 0.6 is 11.8 Å². The number of non-ortho nitro benzene ring substituents is 1. The Kier molecular flexibility index (Phi) is 7.22. The van der Waals surface area contributed by atoms with Gasteiger partial charge in [0.05, 0.1) is 34.0 Å². The molecule has 4 aromatic carbocycles. The van der Waals surface area contributed by atoms with Crippen LogP contribution in [0.25, 0.3) is 45.7 Å². The van der Waals surface area contributed by atoms with Gasteiger partial charge in [-0.1, -0.05) is 66.7 Å². The number of amides is 2. The van der Waals surface area contributed by atoms with Crippen LogP contribution < -0.4 is 10.1 Å². The molecule has 0 saturated carbocycles. The largest absolute Gasteiger partial charge is 0.504 e. The summed E-state index contributed by atoms with van der Waals surface area (Å²) in [4.78, 5) is 40.6. The van der Waals surface area contributed by atoms with Gasteiger partial charge in [-0.15, -0.1) is 0 Å². The van der Waals surface area contributed by atoms with Gasteiger partial charge in [0.15, 0.2) is 11.5 Å². The minimum Gasteiger partial charge on any atom is -0.504 e. The van der Waals surface area contributed by atoms with Gasteiger partial charge in [-0.3, -0.25) is 29.6 Å². The number of nitrogens with one attached hydrogen (secondary N) is 1. The SMILES string of the molecule is COc1cc(-c2nc(-c3ccccc3)c(-c3ccccc3)n2-c2cccc([N+](=O)[O-])c2)cc(/C=C2\SC(=O)NC2=O)c1O. The third-order valence-electron chi connectivity index (χ3n) is 6.78. The van der Waals surface area contributed by atoms with Crippen LogP contribution in [-0.4, -0.2) is 37.8 Å². The van der Waals surface area contributed by atoms with Gasteiger partial charge >= 0.3 is 0 Å². The quantitative estimate of drug-likeness (QED) is 0.120. The summed E-state index contributed by atoms with van der Waals surface area (Å²) in [6.45, 7) is 0. The lowest BCUT2D eigenvalue weighted by Crippen LogP contribution is -2.17. The number of hydrogen-bond acceptors (Lipinski definition) is 8. The van der Waals surface area contributed by atoms with Crippen LogP contribution in [0, 0.1) is 10.1 Å². The standard InChI is InChI=1S/C32H22N4O6S/c1-42-25-16-22(15-21(29(25)37)17-26-31(38)34-32(39)43-26)30-33-27(19-9-4-2-5-10-19)28(20-11-6-3-7-12-20)35(30)23-13-8-14-24(18-23)36(40)41/h2-18,37H,1H3,(H,34,38,39)/b26-17-. The van der Waals surface area contributed by atoms with E-state index < -0.39 is 16.1 Å². The number of imide groups is 1. The highest BCUT2D eigenvalue weighted by atomic mass is 32.2. The molecule has 10 nitrogen and oxygen atoms in total. The summed E-state index contributed by atoms with van der Waals surface area (Å²) in [6.07, 6.45) is 1.41. The van der Waals surface area contributed by atoms with Gasteiger partial charge in [0, 0.05) is 34.4 Å². The molecule has 5 aromatic rings. The molecule has 11 heteroatoms. The molecule has 1 saturated heterocycles. The van der Waals surface area contributed by atoms with Crippen LogP contribution in [0.1, 0.15) is 5.56 Å². The van der Waals surface area contributed by atoms with Crippen molar-refractivity contribution in [1.82, 2.24) is 14.9 Å². The number of ether oxygens (including phenoxy) is 1. The lowest BCUT2D eigenvalue weighted by molar-refractivity contribution is -0.384. The Balaban J connectivity index is 1.69. The van der Waals surface area contributed by atoms with Gasteiger partial charge in [0.25, 0.3) is 16.8 Å². The number of aromatic hydroxyl groups is 1. The molecule has 43 heavy (non-hydrogen) atoms. The number of benzene rings is 4. The van der Waals surface area contributed by atoms with Crippen LogP contribution in [0.2, 0.25) is 0 Å². The highest BCUT2D eigenvalue weighted by Gasteiger charge is 2.27. The van der Waals surface area contributed by atoms with Gasteiger partial charge in [-0.25, -0.2) is 4.98 Å². The molecule has 2 amide bonds. The Bertz CT molecular complexity index is 1940. The molecule has 0 radical (unpaired) electrons. The molecule has 0 unspecified atom stereocenters. The summed E-state index contributed by atoms with van der Waals surface area (Å²) in [6, 6.07) is 28.6. The van der Waals surface area contributed by atoms with E-state index in [1.54, 1.807) is 24.3 Å². The number of phenolic OH excluding ortho intramolecular Hbond substituents is 1. The smallest absolute Gasteiger partial charge is 0.290 e. The lowest BCUT2D eigenvalue weighted by Gasteiger charge is -2.15. The Labute approximate surface area is 249 Å². The molecule has 0 bridgehead atoms. The van der Waals surface area contributed by atoms with Crippen molar-refractivity contribution in [3.05, 3.63) is 118 Å². The van der Waals surface area contributed by atoms with E-state index in [4.69, 9.17) is 9.72 Å². The van der Waals surface area contributed by atoms with E-state index in [1.165, 1.54) is 25.3 Å². The number of nitro groups is 1. The first-order valence-electron chi connectivity index (χ1n) is 13.0. The first-order chi connectivity index (χ1) is 20.8. The molecule has 1 aromatic heterocycles. The third kappa shape index (κ3) is 5.24. The molecule has 212 valence electrons. The van der Waals surface area contributed by atoms with Gasteiger partial charge in [0.2, 0.25) is 0 Å². The highest BCUT2D eigenvalue weighted by molar-refractivity contribution is 8.18. The highest BCUT2D eigenvalue weighted by Crippen LogP contribution is 2.43. The topological polar surface area (TPSA) is 137 Å².